The van der Waals surface area contributed by atoms with E-state index in [0.717, 1.165) is 0 Å². The predicted octanol–water partition coefficient (Wildman–Crippen LogP) is 2.22. The summed E-state index contributed by atoms with van der Waals surface area (Å²) >= 11 is 1.77. The van der Waals surface area contributed by atoms with E-state index in [1.165, 1.54) is 19.1 Å². The van der Waals surface area contributed by atoms with Crippen LogP contribution in [0.1, 0.15) is 17.3 Å². The third kappa shape index (κ3) is 1.57. The molecule has 4 heteroatoms. The van der Waals surface area contributed by atoms with Crippen molar-refractivity contribution in [2.45, 2.75) is 6.92 Å². The van der Waals surface area contributed by atoms with Crippen LogP contribution in [0.5, 0.6) is 0 Å². The van der Waals surface area contributed by atoms with Crippen molar-refractivity contribution in [2.24, 2.45) is 0 Å². The van der Waals surface area contributed by atoms with Gasteiger partial charge in [-0.25, -0.2) is 4.39 Å². The van der Waals surface area contributed by atoms with Gasteiger partial charge in [-0.2, -0.15) is 0 Å². The van der Waals surface area contributed by atoms with E-state index in [1.54, 1.807) is 22.6 Å². The zero-order valence-electron chi connectivity index (χ0n) is 6.40. The third-order valence-electron chi connectivity index (χ3n) is 1.48. The first-order valence-corrected chi connectivity index (χ1v) is 4.36. The van der Waals surface area contributed by atoms with Gasteiger partial charge in [0.25, 0.3) is 0 Å². The van der Waals surface area contributed by atoms with Crippen LogP contribution in [0.2, 0.25) is 0 Å². The molecule has 0 saturated carbocycles. The van der Waals surface area contributed by atoms with Gasteiger partial charge in [-0.3, -0.25) is 4.79 Å². The van der Waals surface area contributed by atoms with Gasteiger partial charge in [0, 0.05) is 5.69 Å². The second-order valence-corrected chi connectivity index (χ2v) is 3.46. The normalized spacial score (nSPS) is 9.92. The Morgan fingerprint density at radius 3 is 2.58 bits per heavy atom. The number of anilines is 1. The van der Waals surface area contributed by atoms with E-state index in [9.17, 15) is 9.18 Å². The lowest BCUT2D eigenvalue weighted by atomic mass is 10.1. The molecule has 0 radical (unpaired) electrons. The fraction of sp³-hybridized carbons (Fsp3) is 0.125. The molecule has 1 aromatic carbocycles. The summed E-state index contributed by atoms with van der Waals surface area (Å²) < 4.78 is 13.2. The molecule has 0 aromatic heterocycles. The standard InChI is InChI=1S/C8H7FINO/c1-4(12)7-6(11)3-2-5(9)8(7)10/h2-3H,11H2,1H3. The number of carbonyl (C=O) groups is 1. The Morgan fingerprint density at radius 2 is 2.17 bits per heavy atom. The molecular weight excluding hydrogens is 272 g/mol. The van der Waals surface area contributed by atoms with Crippen LogP contribution in [0.4, 0.5) is 10.1 Å². The van der Waals surface area contributed by atoms with Crippen molar-refractivity contribution >= 4 is 34.1 Å². The molecule has 0 amide bonds. The summed E-state index contributed by atoms with van der Waals surface area (Å²) in [7, 11) is 0. The quantitative estimate of drug-likeness (QED) is 0.486. The summed E-state index contributed by atoms with van der Waals surface area (Å²) in [5, 5.41) is 0. The van der Waals surface area contributed by atoms with Gasteiger partial charge in [0.15, 0.2) is 5.78 Å². The molecule has 0 atom stereocenters. The molecule has 2 nitrogen and oxygen atoms in total. The van der Waals surface area contributed by atoms with E-state index in [4.69, 9.17) is 5.73 Å². The molecule has 1 rings (SSSR count). The summed E-state index contributed by atoms with van der Waals surface area (Å²) in [6.45, 7) is 1.37. The highest BCUT2D eigenvalue weighted by Gasteiger charge is 2.12. The van der Waals surface area contributed by atoms with Gasteiger partial charge < -0.3 is 5.73 Å². The Bertz CT molecular complexity index is 338. The summed E-state index contributed by atoms with van der Waals surface area (Å²) in [6.07, 6.45) is 0. The Hall–Kier alpha value is -0.650. The Balaban J connectivity index is 3.43. The van der Waals surface area contributed by atoms with E-state index in [0.29, 0.717) is 9.26 Å². The molecule has 0 aliphatic carbocycles. The number of hydrogen-bond acceptors (Lipinski definition) is 2. The van der Waals surface area contributed by atoms with Crippen LogP contribution >= 0.6 is 22.6 Å². The van der Waals surface area contributed by atoms with E-state index in [2.05, 4.69) is 0 Å². The SMILES string of the molecule is CC(=O)c1c(N)ccc(F)c1I. The molecule has 0 spiro atoms. The van der Waals surface area contributed by atoms with Gasteiger partial charge in [0.05, 0.1) is 9.13 Å². The summed E-state index contributed by atoms with van der Waals surface area (Å²) in [5.74, 6) is -0.619. The Morgan fingerprint density at radius 1 is 1.58 bits per heavy atom. The number of rotatable bonds is 1. The average Bonchev–Trinajstić information content (AvgIpc) is 1.97. The van der Waals surface area contributed by atoms with Crippen molar-refractivity contribution in [1.82, 2.24) is 0 Å². The smallest absolute Gasteiger partial charge is 0.163 e. The number of nitrogen functional groups attached to an aromatic ring is 1. The first-order chi connectivity index (χ1) is 5.54. The van der Waals surface area contributed by atoms with Crippen LogP contribution in [0, 0.1) is 9.39 Å². The monoisotopic (exact) mass is 279 g/mol. The minimum absolute atomic E-state index is 0.212. The highest BCUT2D eigenvalue weighted by molar-refractivity contribution is 14.1. The number of hydrogen-bond donors (Lipinski definition) is 1. The number of nitrogens with two attached hydrogens (primary N) is 1. The van der Waals surface area contributed by atoms with Crippen molar-refractivity contribution < 1.29 is 9.18 Å². The molecule has 12 heavy (non-hydrogen) atoms. The van der Waals surface area contributed by atoms with E-state index in [1.807, 2.05) is 0 Å². The molecule has 1 aromatic rings. The number of halogens is 2. The van der Waals surface area contributed by atoms with E-state index in [-0.39, 0.29) is 11.3 Å². The molecule has 64 valence electrons. The summed E-state index contributed by atoms with van der Waals surface area (Å²) in [5.41, 5.74) is 6.10. The van der Waals surface area contributed by atoms with Crippen LogP contribution in [0.15, 0.2) is 12.1 Å². The molecule has 0 fully saturated rings. The van der Waals surface area contributed by atoms with Gasteiger partial charge in [-0.15, -0.1) is 0 Å². The molecule has 0 bridgehead atoms. The minimum atomic E-state index is -0.407. The van der Waals surface area contributed by atoms with Gasteiger partial charge in [0.1, 0.15) is 5.82 Å². The number of benzene rings is 1. The van der Waals surface area contributed by atoms with E-state index < -0.39 is 5.82 Å². The fourth-order valence-corrected chi connectivity index (χ4v) is 1.79. The lowest BCUT2D eigenvalue weighted by Crippen LogP contribution is -2.04. The second-order valence-electron chi connectivity index (χ2n) is 2.38. The number of carbonyl (C=O) groups excluding carboxylic acids is 1. The molecule has 0 aliphatic heterocycles. The molecule has 0 unspecified atom stereocenters. The van der Waals surface area contributed by atoms with Crippen molar-refractivity contribution in [3.63, 3.8) is 0 Å². The van der Waals surface area contributed by atoms with Crippen LogP contribution in [-0.4, -0.2) is 5.78 Å². The highest BCUT2D eigenvalue weighted by Crippen LogP contribution is 2.22. The maximum atomic E-state index is 12.9. The molecular formula is C8H7FINO. The topological polar surface area (TPSA) is 43.1 Å². The molecule has 0 saturated heterocycles. The zero-order chi connectivity index (χ0) is 9.30. The number of Topliss-reactive ketones (excluding diaryl/α,β-unsaturated/α-hetero) is 1. The second kappa shape index (κ2) is 3.38. The lowest BCUT2D eigenvalue weighted by molar-refractivity contribution is 0.101. The Kier molecular flexibility index (Phi) is 2.66. The maximum absolute atomic E-state index is 12.9. The predicted molar refractivity (Wildman–Crippen MR) is 53.5 cm³/mol. The van der Waals surface area contributed by atoms with Gasteiger partial charge in [-0.1, -0.05) is 0 Å². The fourth-order valence-electron chi connectivity index (χ4n) is 0.923. The highest BCUT2D eigenvalue weighted by atomic mass is 127. The molecule has 2 N–H and O–H groups in total. The largest absolute Gasteiger partial charge is 0.398 e. The van der Waals surface area contributed by atoms with Crippen LogP contribution < -0.4 is 5.73 Å². The van der Waals surface area contributed by atoms with Gasteiger partial charge >= 0.3 is 0 Å². The maximum Gasteiger partial charge on any atom is 0.163 e. The first kappa shape index (κ1) is 9.44. The van der Waals surface area contributed by atoms with E-state index >= 15 is 0 Å². The van der Waals surface area contributed by atoms with Crippen LogP contribution in [-0.2, 0) is 0 Å². The van der Waals surface area contributed by atoms with Gasteiger partial charge in [0.2, 0.25) is 0 Å². The Labute approximate surface area is 83.1 Å². The third-order valence-corrected chi connectivity index (χ3v) is 2.53. The summed E-state index contributed by atoms with van der Waals surface area (Å²) in [4.78, 5) is 11.0. The number of ketones is 1. The van der Waals surface area contributed by atoms with Crippen molar-refractivity contribution in [1.29, 1.82) is 0 Å². The molecule has 0 heterocycles. The summed E-state index contributed by atoms with van der Waals surface area (Å²) in [6, 6.07) is 2.65. The zero-order valence-corrected chi connectivity index (χ0v) is 8.55. The van der Waals surface area contributed by atoms with Crippen LogP contribution in [0.3, 0.4) is 0 Å². The average molecular weight is 279 g/mol. The lowest BCUT2D eigenvalue weighted by Gasteiger charge is -2.04. The van der Waals surface area contributed by atoms with Crippen molar-refractivity contribution in [3.8, 4) is 0 Å². The van der Waals surface area contributed by atoms with Crippen molar-refractivity contribution in [2.75, 3.05) is 5.73 Å². The van der Waals surface area contributed by atoms with Crippen LogP contribution in [0.25, 0.3) is 0 Å². The molecule has 0 aliphatic rings. The van der Waals surface area contributed by atoms with Gasteiger partial charge in [-0.05, 0) is 41.6 Å². The van der Waals surface area contributed by atoms with Crippen molar-refractivity contribution in [3.05, 3.63) is 27.1 Å². The first-order valence-electron chi connectivity index (χ1n) is 3.28. The minimum Gasteiger partial charge on any atom is -0.398 e.